The Balaban J connectivity index is 0.000000248. The molecule has 0 spiro atoms. The molecule has 30 heavy (non-hydrogen) atoms. The summed E-state index contributed by atoms with van der Waals surface area (Å²) in [6.07, 6.45) is 0. The second-order valence-corrected chi connectivity index (χ2v) is 7.94. The molecule has 0 saturated carbocycles. The highest BCUT2D eigenvalue weighted by Crippen LogP contribution is 2.24. The van der Waals surface area contributed by atoms with E-state index in [1.54, 1.807) is 12.1 Å². The molecule has 0 saturated heterocycles. The Morgan fingerprint density at radius 2 is 1.33 bits per heavy atom. The number of nitrogens with zero attached hydrogens (tertiary/aromatic N) is 1. The smallest absolute Gasteiger partial charge is 0.322 e. The van der Waals surface area contributed by atoms with Gasteiger partial charge in [-0.1, -0.05) is 54.1 Å². The van der Waals surface area contributed by atoms with E-state index in [2.05, 4.69) is 0 Å². The van der Waals surface area contributed by atoms with Crippen LogP contribution in [0.15, 0.2) is 89.8 Å². The lowest BCUT2D eigenvalue weighted by molar-refractivity contribution is -0.138. The van der Waals surface area contributed by atoms with Crippen LogP contribution in [0.5, 0.6) is 0 Å². The largest absolute Gasteiger partial charge is 0.480 e. The fraction of sp³-hybridized carbons (Fsp3) is 0.136. The number of aliphatic carboxylic acids is 1. The topological polar surface area (TPSA) is 121 Å². The van der Waals surface area contributed by atoms with Gasteiger partial charge in [0.1, 0.15) is 6.04 Å². The van der Waals surface area contributed by atoms with E-state index in [1.807, 2.05) is 72.5 Å². The highest BCUT2D eigenvalue weighted by atomic mass is 32.2. The van der Waals surface area contributed by atoms with Crippen molar-refractivity contribution in [1.29, 1.82) is 0 Å². The lowest BCUT2D eigenvalue weighted by atomic mass is 10.2. The Hall–Kier alpha value is -3.20. The molecule has 0 unspecified atom stereocenters. The highest BCUT2D eigenvalue weighted by Gasteiger charge is 2.18. The van der Waals surface area contributed by atoms with Gasteiger partial charge in [-0.15, -0.1) is 0 Å². The third-order valence-electron chi connectivity index (χ3n) is 4.15. The van der Waals surface area contributed by atoms with Crippen LogP contribution in [0, 0.1) is 6.92 Å². The van der Waals surface area contributed by atoms with Gasteiger partial charge < -0.3 is 15.7 Å². The predicted octanol–water partition coefficient (Wildman–Crippen LogP) is 3.48. The fourth-order valence-corrected chi connectivity index (χ4v) is 3.04. The molecule has 3 aromatic rings. The number of aryl methyl sites for hydroxylation is 1. The van der Waals surface area contributed by atoms with E-state index >= 15 is 0 Å². The summed E-state index contributed by atoms with van der Waals surface area (Å²) >= 11 is 0. The maximum Gasteiger partial charge on any atom is 0.322 e. The third-order valence-corrected chi connectivity index (χ3v) is 5.02. The standard InChI is InChI=1S/C15H16N2O2.C7H8O3S/c16-14(15(18)19)11-17(12-7-3-1-4-8-12)13-9-5-2-6-10-13;1-6-2-4-7(5-3-6)11(8,9)10/h1-10,14H,11,16H2,(H,18,19);2-5H,1H3,(H,8,9,10)/t14-;/m0./s1. The first-order valence-electron chi connectivity index (χ1n) is 9.08. The van der Waals surface area contributed by atoms with Crippen LogP contribution in [-0.4, -0.2) is 36.6 Å². The quantitative estimate of drug-likeness (QED) is 0.514. The fourth-order valence-electron chi connectivity index (χ4n) is 2.56. The molecule has 158 valence electrons. The van der Waals surface area contributed by atoms with Crippen molar-refractivity contribution in [3.8, 4) is 0 Å². The molecule has 7 nitrogen and oxygen atoms in total. The molecule has 3 rings (SSSR count). The molecule has 0 aliphatic heterocycles. The summed E-state index contributed by atoms with van der Waals surface area (Å²) in [5.74, 6) is -1.00. The molecule has 0 amide bonds. The van der Waals surface area contributed by atoms with E-state index in [4.69, 9.17) is 15.4 Å². The maximum atomic E-state index is 10.9. The third kappa shape index (κ3) is 7.00. The van der Waals surface area contributed by atoms with Gasteiger partial charge in [0.25, 0.3) is 10.1 Å². The Bertz CT molecular complexity index is 1000. The maximum absolute atomic E-state index is 10.9. The normalized spacial score (nSPS) is 11.7. The number of rotatable bonds is 6. The summed E-state index contributed by atoms with van der Waals surface area (Å²) in [4.78, 5) is 12.8. The minimum atomic E-state index is -4.02. The number of benzene rings is 3. The van der Waals surface area contributed by atoms with Crippen molar-refractivity contribution in [2.45, 2.75) is 17.9 Å². The van der Waals surface area contributed by atoms with E-state index in [9.17, 15) is 13.2 Å². The second-order valence-electron chi connectivity index (χ2n) is 6.51. The van der Waals surface area contributed by atoms with Crippen LogP contribution in [0.25, 0.3) is 0 Å². The van der Waals surface area contributed by atoms with Gasteiger partial charge in [-0.05, 0) is 43.3 Å². The number of carboxylic acid groups (broad SMARTS) is 1. The summed E-state index contributed by atoms with van der Waals surface area (Å²) in [6, 6.07) is 24.3. The first kappa shape index (κ1) is 23.1. The van der Waals surface area contributed by atoms with Crippen molar-refractivity contribution in [1.82, 2.24) is 0 Å². The van der Waals surface area contributed by atoms with E-state index in [0.717, 1.165) is 16.9 Å². The number of para-hydroxylation sites is 2. The van der Waals surface area contributed by atoms with Gasteiger partial charge in [0.05, 0.1) is 4.90 Å². The zero-order chi connectivity index (χ0) is 22.1. The molecule has 0 radical (unpaired) electrons. The number of carbonyl (C=O) groups is 1. The first-order valence-corrected chi connectivity index (χ1v) is 10.5. The number of anilines is 2. The highest BCUT2D eigenvalue weighted by molar-refractivity contribution is 7.85. The van der Waals surface area contributed by atoms with Gasteiger partial charge in [0.2, 0.25) is 0 Å². The molecule has 0 aliphatic carbocycles. The van der Waals surface area contributed by atoms with Crippen LogP contribution in [0.2, 0.25) is 0 Å². The Labute approximate surface area is 176 Å². The van der Waals surface area contributed by atoms with Crippen LogP contribution < -0.4 is 10.6 Å². The molecular formula is C22H24N2O5S. The van der Waals surface area contributed by atoms with E-state index in [-0.39, 0.29) is 11.4 Å². The molecule has 0 heterocycles. The zero-order valence-corrected chi connectivity index (χ0v) is 17.2. The number of hydrogen-bond acceptors (Lipinski definition) is 5. The summed E-state index contributed by atoms with van der Waals surface area (Å²) in [7, 11) is -4.02. The summed E-state index contributed by atoms with van der Waals surface area (Å²) in [5, 5.41) is 8.97. The molecule has 0 fully saturated rings. The average Bonchev–Trinajstić information content (AvgIpc) is 2.73. The minimum Gasteiger partial charge on any atom is -0.480 e. The SMILES string of the molecule is Cc1ccc(S(=O)(=O)O)cc1.N[C@@H](CN(c1ccccc1)c1ccccc1)C(=O)O. The summed E-state index contributed by atoms with van der Waals surface area (Å²) in [6.45, 7) is 2.07. The van der Waals surface area contributed by atoms with Crippen LogP contribution in [0.4, 0.5) is 11.4 Å². The van der Waals surface area contributed by atoms with Crippen molar-refractivity contribution in [2.24, 2.45) is 5.73 Å². The van der Waals surface area contributed by atoms with Gasteiger partial charge in [0.15, 0.2) is 0 Å². The van der Waals surface area contributed by atoms with Crippen molar-refractivity contribution in [3.05, 3.63) is 90.5 Å². The Morgan fingerprint density at radius 3 is 1.70 bits per heavy atom. The lowest BCUT2D eigenvalue weighted by Crippen LogP contribution is -2.41. The molecule has 3 aromatic carbocycles. The molecule has 4 N–H and O–H groups in total. The minimum absolute atomic E-state index is 0.0666. The van der Waals surface area contributed by atoms with Gasteiger partial charge in [-0.25, -0.2) is 0 Å². The van der Waals surface area contributed by atoms with Gasteiger partial charge in [-0.2, -0.15) is 8.42 Å². The Kier molecular flexibility index (Phi) is 8.11. The number of nitrogens with two attached hydrogens (primary N) is 1. The van der Waals surface area contributed by atoms with Crippen LogP contribution >= 0.6 is 0 Å². The van der Waals surface area contributed by atoms with Crippen molar-refractivity contribution in [2.75, 3.05) is 11.4 Å². The number of hydrogen-bond donors (Lipinski definition) is 3. The summed E-state index contributed by atoms with van der Waals surface area (Å²) < 4.78 is 29.6. The van der Waals surface area contributed by atoms with Crippen LogP contribution in [-0.2, 0) is 14.9 Å². The van der Waals surface area contributed by atoms with Crippen LogP contribution in [0.3, 0.4) is 0 Å². The lowest BCUT2D eigenvalue weighted by Gasteiger charge is -2.26. The molecule has 1 atom stereocenters. The second kappa shape index (κ2) is 10.5. The first-order chi connectivity index (χ1) is 14.2. The molecule has 0 bridgehead atoms. The van der Waals surface area contributed by atoms with Gasteiger partial charge >= 0.3 is 5.97 Å². The molecule has 8 heteroatoms. The van der Waals surface area contributed by atoms with Crippen molar-refractivity contribution in [3.63, 3.8) is 0 Å². The molecular weight excluding hydrogens is 404 g/mol. The van der Waals surface area contributed by atoms with Crippen molar-refractivity contribution >= 4 is 27.5 Å². The predicted molar refractivity (Wildman–Crippen MR) is 116 cm³/mol. The van der Waals surface area contributed by atoms with Crippen LogP contribution in [0.1, 0.15) is 5.56 Å². The number of carboxylic acids is 1. The monoisotopic (exact) mass is 428 g/mol. The Morgan fingerprint density at radius 1 is 0.900 bits per heavy atom. The summed E-state index contributed by atoms with van der Waals surface area (Å²) in [5.41, 5.74) is 8.45. The van der Waals surface area contributed by atoms with Gasteiger partial charge in [0, 0.05) is 17.9 Å². The molecule has 0 aromatic heterocycles. The van der Waals surface area contributed by atoms with Crippen molar-refractivity contribution < 1.29 is 22.9 Å². The van der Waals surface area contributed by atoms with E-state index in [1.165, 1.54) is 12.1 Å². The van der Waals surface area contributed by atoms with E-state index < -0.39 is 22.1 Å². The molecule has 0 aliphatic rings. The average molecular weight is 429 g/mol. The zero-order valence-electron chi connectivity index (χ0n) is 16.4. The van der Waals surface area contributed by atoms with Gasteiger partial charge in [-0.3, -0.25) is 9.35 Å². The van der Waals surface area contributed by atoms with E-state index in [0.29, 0.717) is 0 Å².